The van der Waals surface area contributed by atoms with Crippen molar-refractivity contribution in [3.05, 3.63) is 97.3 Å². The van der Waals surface area contributed by atoms with Crippen molar-refractivity contribution < 1.29 is 9.72 Å². The second kappa shape index (κ2) is 10.1. The number of hydrogen-bond acceptors (Lipinski definition) is 5. The van der Waals surface area contributed by atoms with Gasteiger partial charge < -0.3 is 20.2 Å². The molecule has 190 valence electrons. The highest BCUT2D eigenvalue weighted by molar-refractivity contribution is 5.89. The lowest BCUT2D eigenvalue weighted by Crippen LogP contribution is -2.39. The number of nitrogens with zero attached hydrogens (tertiary/aromatic N) is 3. The summed E-state index contributed by atoms with van der Waals surface area (Å²) >= 11 is 0. The van der Waals surface area contributed by atoms with E-state index in [1.165, 1.54) is 10.6 Å². The van der Waals surface area contributed by atoms with Gasteiger partial charge in [0.2, 0.25) is 0 Å². The fourth-order valence-electron chi connectivity index (χ4n) is 4.96. The molecular weight excluding hydrogens is 476 g/mol. The summed E-state index contributed by atoms with van der Waals surface area (Å²) in [5.74, 6) is 0. The summed E-state index contributed by atoms with van der Waals surface area (Å²) < 4.78 is 3.11. The molecule has 4 aromatic rings. The number of carbonyl (C=O) groups excluding carboxylic acids is 1. The number of H-pyrrole nitrogens is 1. The molecule has 0 atom stereocenters. The summed E-state index contributed by atoms with van der Waals surface area (Å²) in [5.41, 5.74) is 0.451. The van der Waals surface area contributed by atoms with Crippen molar-refractivity contribution in [3.63, 3.8) is 0 Å². The fourth-order valence-corrected chi connectivity index (χ4v) is 4.96. The molecule has 11 heteroatoms. The number of nitrogens with one attached hydrogen (secondary N) is 3. The van der Waals surface area contributed by atoms with Gasteiger partial charge in [0.15, 0.2) is 0 Å². The number of rotatable bonds is 6. The fraction of sp³-hybridized carbons (Fsp3) is 0.269. The molecule has 1 saturated carbocycles. The Balaban J connectivity index is 1.54. The number of aromatic amines is 1. The van der Waals surface area contributed by atoms with Crippen LogP contribution in [0.5, 0.6) is 0 Å². The Kier molecular flexibility index (Phi) is 6.59. The van der Waals surface area contributed by atoms with Crippen LogP contribution in [0.2, 0.25) is 0 Å². The van der Waals surface area contributed by atoms with E-state index in [-0.39, 0.29) is 29.5 Å². The molecule has 1 aliphatic carbocycles. The van der Waals surface area contributed by atoms with Crippen molar-refractivity contribution in [2.45, 2.75) is 44.7 Å². The summed E-state index contributed by atoms with van der Waals surface area (Å²) in [6.07, 6.45) is 6.16. The minimum Gasteiger partial charge on any atom is -0.332 e. The van der Waals surface area contributed by atoms with E-state index in [2.05, 4.69) is 15.6 Å². The zero-order chi connectivity index (χ0) is 25.9. The first-order valence-corrected chi connectivity index (χ1v) is 12.2. The van der Waals surface area contributed by atoms with E-state index in [1.807, 2.05) is 6.07 Å². The maximum absolute atomic E-state index is 12.9. The second-order valence-corrected chi connectivity index (χ2v) is 9.08. The van der Waals surface area contributed by atoms with Crippen LogP contribution < -0.4 is 21.8 Å². The van der Waals surface area contributed by atoms with Crippen molar-refractivity contribution in [3.8, 4) is 5.69 Å². The number of anilines is 1. The molecule has 2 aromatic carbocycles. The van der Waals surface area contributed by atoms with Crippen LogP contribution in [-0.2, 0) is 6.54 Å². The summed E-state index contributed by atoms with van der Waals surface area (Å²) in [6, 6.07) is 14.8. The van der Waals surface area contributed by atoms with Gasteiger partial charge >= 0.3 is 17.1 Å². The molecule has 1 aliphatic rings. The lowest BCUT2D eigenvalue weighted by atomic mass is 9.95. The zero-order valence-corrected chi connectivity index (χ0v) is 20.0. The van der Waals surface area contributed by atoms with E-state index in [9.17, 15) is 24.5 Å². The topological polar surface area (TPSA) is 144 Å². The van der Waals surface area contributed by atoms with Gasteiger partial charge in [0.25, 0.3) is 5.69 Å². The van der Waals surface area contributed by atoms with Crippen molar-refractivity contribution in [2.24, 2.45) is 0 Å². The lowest BCUT2D eigenvalue weighted by Gasteiger charge is -2.25. The molecule has 0 unspecified atom stereocenters. The van der Waals surface area contributed by atoms with Crippen LogP contribution in [0.25, 0.3) is 16.7 Å². The van der Waals surface area contributed by atoms with E-state index in [4.69, 9.17) is 0 Å². The van der Waals surface area contributed by atoms with E-state index in [1.54, 1.807) is 53.2 Å². The van der Waals surface area contributed by atoms with Crippen molar-refractivity contribution in [2.75, 3.05) is 5.32 Å². The summed E-state index contributed by atoms with van der Waals surface area (Å²) in [4.78, 5) is 51.7. The molecule has 37 heavy (non-hydrogen) atoms. The number of benzene rings is 2. The Morgan fingerprint density at radius 2 is 1.81 bits per heavy atom. The van der Waals surface area contributed by atoms with Crippen molar-refractivity contribution >= 4 is 28.4 Å². The standard InChI is InChI=1S/C26H26N6O5/c33-24-25(34)31(18-10-5-2-6-11-18)21-15-22(23(32(36)37)14-20(21)29-24)30-13-7-12-19(30)16-27-26(35)28-17-8-3-1-4-9-17/h1,3-4,7-9,12-15,18H,2,5-6,10-11,16H2,(H,29,33)(H2,27,28,35). The predicted octanol–water partition coefficient (Wildman–Crippen LogP) is 4.22. The first-order valence-electron chi connectivity index (χ1n) is 12.2. The van der Waals surface area contributed by atoms with Gasteiger partial charge in [-0.2, -0.15) is 0 Å². The summed E-state index contributed by atoms with van der Waals surface area (Å²) in [5, 5.41) is 17.5. The Hall–Kier alpha value is -4.67. The summed E-state index contributed by atoms with van der Waals surface area (Å²) in [7, 11) is 0. The van der Waals surface area contributed by atoms with Gasteiger partial charge in [0.1, 0.15) is 5.69 Å². The molecule has 5 rings (SSSR count). The molecule has 2 aromatic heterocycles. The third-order valence-electron chi connectivity index (χ3n) is 6.70. The van der Waals surface area contributed by atoms with Gasteiger partial charge in [0.05, 0.1) is 22.5 Å². The van der Waals surface area contributed by atoms with E-state index in [0.717, 1.165) is 32.1 Å². The van der Waals surface area contributed by atoms with Crippen LogP contribution in [-0.4, -0.2) is 25.1 Å². The first kappa shape index (κ1) is 24.0. The monoisotopic (exact) mass is 502 g/mol. The van der Waals surface area contributed by atoms with Crippen molar-refractivity contribution in [1.82, 2.24) is 19.4 Å². The number of fused-ring (bicyclic) bond motifs is 1. The Bertz CT molecular complexity index is 1580. The van der Waals surface area contributed by atoms with Crippen molar-refractivity contribution in [1.29, 1.82) is 0 Å². The normalized spacial score (nSPS) is 13.9. The number of nitro benzene ring substituents is 1. The van der Waals surface area contributed by atoms with Crippen LogP contribution in [0.3, 0.4) is 0 Å². The molecule has 0 aliphatic heterocycles. The number of hydrogen-bond donors (Lipinski definition) is 3. The molecule has 0 bridgehead atoms. The zero-order valence-electron chi connectivity index (χ0n) is 20.0. The van der Waals surface area contributed by atoms with Gasteiger partial charge in [-0.1, -0.05) is 37.5 Å². The quantitative estimate of drug-likeness (QED) is 0.205. The smallest absolute Gasteiger partial charge is 0.319 e. The molecule has 0 saturated heterocycles. The third kappa shape index (κ3) is 4.88. The van der Waals surface area contributed by atoms with Gasteiger partial charge in [-0.25, -0.2) is 4.79 Å². The minimum atomic E-state index is -0.796. The van der Waals surface area contributed by atoms with Crippen LogP contribution in [0.4, 0.5) is 16.2 Å². The van der Waals surface area contributed by atoms with E-state index in [0.29, 0.717) is 16.9 Å². The van der Waals surface area contributed by atoms with Gasteiger partial charge in [-0.3, -0.25) is 24.3 Å². The average molecular weight is 503 g/mol. The molecule has 0 spiro atoms. The number of aromatic nitrogens is 3. The average Bonchev–Trinajstić information content (AvgIpc) is 3.37. The highest BCUT2D eigenvalue weighted by Gasteiger charge is 2.25. The number of nitro groups is 1. The van der Waals surface area contributed by atoms with Gasteiger partial charge in [-0.05, 0) is 43.2 Å². The first-order chi connectivity index (χ1) is 17.9. The predicted molar refractivity (Wildman–Crippen MR) is 139 cm³/mol. The van der Waals surface area contributed by atoms with Gasteiger partial charge in [-0.15, -0.1) is 0 Å². The third-order valence-corrected chi connectivity index (χ3v) is 6.70. The highest BCUT2D eigenvalue weighted by atomic mass is 16.6. The summed E-state index contributed by atoms with van der Waals surface area (Å²) in [6.45, 7) is 0.0991. The molecule has 1 fully saturated rings. The molecule has 2 amide bonds. The van der Waals surface area contributed by atoms with Gasteiger partial charge in [0, 0.05) is 29.7 Å². The maximum atomic E-state index is 12.9. The second-order valence-electron chi connectivity index (χ2n) is 9.08. The molecule has 2 heterocycles. The van der Waals surface area contributed by atoms with E-state index >= 15 is 0 Å². The lowest BCUT2D eigenvalue weighted by molar-refractivity contribution is -0.384. The number of carbonyl (C=O) groups is 1. The highest BCUT2D eigenvalue weighted by Crippen LogP contribution is 2.33. The van der Waals surface area contributed by atoms with Crippen LogP contribution in [0.15, 0.2) is 70.4 Å². The maximum Gasteiger partial charge on any atom is 0.319 e. The van der Waals surface area contributed by atoms with Crippen LogP contribution in [0.1, 0.15) is 43.8 Å². The number of urea groups is 1. The Morgan fingerprint density at radius 1 is 1.05 bits per heavy atom. The SMILES string of the molecule is O=C(NCc1cccn1-c1cc2c(cc1[N+](=O)[O-])[nH]c(=O)c(=O)n2C1CCCCC1)Nc1ccccc1. The van der Waals surface area contributed by atoms with Crippen LogP contribution in [0, 0.1) is 10.1 Å². The molecule has 3 N–H and O–H groups in total. The largest absolute Gasteiger partial charge is 0.332 e. The molecule has 0 radical (unpaired) electrons. The Labute approximate surface area is 210 Å². The Morgan fingerprint density at radius 3 is 2.54 bits per heavy atom. The van der Waals surface area contributed by atoms with E-state index < -0.39 is 22.1 Å². The number of amides is 2. The molecule has 11 nitrogen and oxygen atoms in total. The number of para-hydroxylation sites is 1. The molecular formula is C26H26N6O5. The van der Waals surface area contributed by atoms with Crippen LogP contribution >= 0.6 is 0 Å². The minimum absolute atomic E-state index is 0.0991.